The summed E-state index contributed by atoms with van der Waals surface area (Å²) in [5, 5.41) is 12.9. The fourth-order valence-corrected chi connectivity index (χ4v) is 2.94. The highest BCUT2D eigenvalue weighted by molar-refractivity contribution is 6.31. The molecule has 4 nitrogen and oxygen atoms in total. The Labute approximate surface area is 159 Å². The van der Waals surface area contributed by atoms with E-state index in [2.05, 4.69) is 5.32 Å². The van der Waals surface area contributed by atoms with Gasteiger partial charge in [0, 0.05) is 10.6 Å². The van der Waals surface area contributed by atoms with E-state index in [1.807, 2.05) is 0 Å². The molecule has 140 valence electrons. The number of amides is 1. The average molecular weight is 392 g/mol. The van der Waals surface area contributed by atoms with Gasteiger partial charge in [0.2, 0.25) is 0 Å². The highest BCUT2D eigenvalue weighted by Crippen LogP contribution is 2.28. The van der Waals surface area contributed by atoms with Crippen molar-refractivity contribution in [2.75, 3.05) is 0 Å². The van der Waals surface area contributed by atoms with Crippen molar-refractivity contribution in [3.8, 4) is 11.3 Å². The Morgan fingerprint density at radius 1 is 1.07 bits per heavy atom. The summed E-state index contributed by atoms with van der Waals surface area (Å²) in [4.78, 5) is 12.4. The van der Waals surface area contributed by atoms with E-state index in [-0.39, 0.29) is 27.7 Å². The smallest absolute Gasteiger partial charge is 0.287 e. The Hall–Kier alpha value is -2.70. The molecule has 0 bridgehead atoms. The van der Waals surface area contributed by atoms with Gasteiger partial charge in [-0.25, -0.2) is 8.78 Å². The van der Waals surface area contributed by atoms with Crippen LogP contribution < -0.4 is 5.32 Å². The van der Waals surface area contributed by atoms with Crippen molar-refractivity contribution in [2.24, 2.45) is 0 Å². The molecule has 0 aliphatic heterocycles. The first kappa shape index (κ1) is 19.1. The molecule has 0 saturated heterocycles. The van der Waals surface area contributed by atoms with Crippen LogP contribution in [0.4, 0.5) is 8.78 Å². The molecule has 1 amide bonds. The summed E-state index contributed by atoms with van der Waals surface area (Å²) in [6, 6.07) is 12.1. The number of aliphatic hydroxyl groups is 1. The number of aliphatic hydroxyl groups excluding tert-OH is 1. The fourth-order valence-electron chi connectivity index (χ4n) is 2.67. The van der Waals surface area contributed by atoms with E-state index in [9.17, 15) is 18.7 Å². The molecule has 2 N–H and O–H groups in total. The number of halogens is 3. The summed E-state index contributed by atoms with van der Waals surface area (Å²) in [6.07, 6.45) is -1.36. The normalized spacial score (nSPS) is 13.2. The van der Waals surface area contributed by atoms with Gasteiger partial charge in [-0.2, -0.15) is 0 Å². The Morgan fingerprint density at radius 3 is 2.48 bits per heavy atom. The molecule has 0 radical (unpaired) electrons. The summed E-state index contributed by atoms with van der Waals surface area (Å²) in [5.41, 5.74) is 0.126. The van der Waals surface area contributed by atoms with Gasteiger partial charge >= 0.3 is 0 Å². The van der Waals surface area contributed by atoms with Crippen LogP contribution in [0.25, 0.3) is 11.3 Å². The third kappa shape index (κ3) is 4.02. The molecule has 3 aromatic rings. The SMILES string of the molecule is C[C@@H](NC(=O)c1ccc(-c2ccccc2F)o1)[C@H](O)c1c(F)cccc1Cl. The number of furan rings is 1. The molecule has 27 heavy (non-hydrogen) atoms. The zero-order chi connectivity index (χ0) is 19.6. The minimum atomic E-state index is -1.36. The van der Waals surface area contributed by atoms with Crippen molar-refractivity contribution >= 4 is 17.5 Å². The van der Waals surface area contributed by atoms with E-state index >= 15 is 0 Å². The number of hydrogen-bond donors (Lipinski definition) is 2. The summed E-state index contributed by atoms with van der Waals surface area (Å²) in [5.74, 6) is -1.64. The fraction of sp³-hybridized carbons (Fsp3) is 0.150. The standard InChI is InChI=1S/C20H16ClF2NO3/c1-11(19(25)18-13(21)6-4-8-15(18)23)24-20(26)17-10-9-16(27-17)12-5-2-3-7-14(12)22/h2-11,19,25H,1H3,(H,24,26)/t11-,19+/m1/s1. The van der Waals surface area contributed by atoms with E-state index in [1.165, 1.54) is 49.4 Å². The number of nitrogens with one attached hydrogen (secondary N) is 1. The molecule has 0 saturated carbocycles. The molecule has 1 aromatic heterocycles. The van der Waals surface area contributed by atoms with Crippen LogP contribution in [0.1, 0.15) is 29.1 Å². The van der Waals surface area contributed by atoms with Crippen LogP contribution in [-0.2, 0) is 0 Å². The molecule has 7 heteroatoms. The van der Waals surface area contributed by atoms with Gasteiger partial charge in [-0.1, -0.05) is 29.8 Å². The molecule has 0 unspecified atom stereocenters. The van der Waals surface area contributed by atoms with Crippen LogP contribution in [-0.4, -0.2) is 17.1 Å². The molecule has 2 aromatic carbocycles. The lowest BCUT2D eigenvalue weighted by atomic mass is 10.0. The van der Waals surface area contributed by atoms with E-state index < -0.39 is 29.7 Å². The topological polar surface area (TPSA) is 62.5 Å². The Bertz CT molecular complexity index is 953. The number of carbonyl (C=O) groups excluding carboxylic acids is 1. The quantitative estimate of drug-likeness (QED) is 0.661. The van der Waals surface area contributed by atoms with Crippen molar-refractivity contribution in [1.29, 1.82) is 0 Å². The number of hydrogen-bond acceptors (Lipinski definition) is 3. The van der Waals surface area contributed by atoms with Crippen LogP contribution in [0.3, 0.4) is 0 Å². The lowest BCUT2D eigenvalue weighted by molar-refractivity contribution is 0.0821. The number of benzene rings is 2. The van der Waals surface area contributed by atoms with Gasteiger partial charge in [0.05, 0.1) is 11.6 Å². The Morgan fingerprint density at radius 2 is 1.78 bits per heavy atom. The molecule has 2 atom stereocenters. The first-order valence-electron chi connectivity index (χ1n) is 8.16. The molecular formula is C20H16ClF2NO3. The molecule has 0 spiro atoms. The van der Waals surface area contributed by atoms with Crippen molar-refractivity contribution in [1.82, 2.24) is 5.32 Å². The summed E-state index contributed by atoms with van der Waals surface area (Å²) < 4.78 is 33.2. The van der Waals surface area contributed by atoms with Crippen LogP contribution in [0.2, 0.25) is 5.02 Å². The Balaban J connectivity index is 1.75. The van der Waals surface area contributed by atoms with Crippen LogP contribution in [0.15, 0.2) is 59.0 Å². The number of rotatable bonds is 5. The second kappa shape index (κ2) is 7.90. The summed E-state index contributed by atoms with van der Waals surface area (Å²) in [6.45, 7) is 1.51. The van der Waals surface area contributed by atoms with E-state index in [1.54, 1.807) is 12.1 Å². The van der Waals surface area contributed by atoms with Crippen molar-refractivity contribution < 1.29 is 23.1 Å². The third-order valence-electron chi connectivity index (χ3n) is 4.10. The lowest BCUT2D eigenvalue weighted by Gasteiger charge is -2.21. The number of carbonyl (C=O) groups is 1. The van der Waals surface area contributed by atoms with Gasteiger partial charge in [0.15, 0.2) is 5.76 Å². The summed E-state index contributed by atoms with van der Waals surface area (Å²) >= 11 is 5.94. The van der Waals surface area contributed by atoms with E-state index in [4.69, 9.17) is 16.0 Å². The third-order valence-corrected chi connectivity index (χ3v) is 4.43. The van der Waals surface area contributed by atoms with Crippen LogP contribution in [0.5, 0.6) is 0 Å². The first-order chi connectivity index (χ1) is 12.9. The lowest BCUT2D eigenvalue weighted by Crippen LogP contribution is -2.37. The largest absolute Gasteiger partial charge is 0.451 e. The van der Waals surface area contributed by atoms with Gasteiger partial charge in [-0.15, -0.1) is 0 Å². The first-order valence-corrected chi connectivity index (χ1v) is 8.54. The van der Waals surface area contributed by atoms with E-state index in [0.717, 1.165) is 0 Å². The van der Waals surface area contributed by atoms with Crippen LogP contribution >= 0.6 is 11.6 Å². The van der Waals surface area contributed by atoms with Crippen molar-refractivity contribution in [3.63, 3.8) is 0 Å². The average Bonchev–Trinajstić information content (AvgIpc) is 3.11. The maximum absolute atomic E-state index is 13.9. The molecular weight excluding hydrogens is 376 g/mol. The van der Waals surface area contributed by atoms with Gasteiger partial charge in [0.1, 0.15) is 23.5 Å². The molecule has 0 aliphatic carbocycles. The Kier molecular flexibility index (Phi) is 5.58. The predicted molar refractivity (Wildman–Crippen MR) is 97.4 cm³/mol. The minimum absolute atomic E-state index is 0.0587. The molecule has 1 heterocycles. The molecule has 0 aliphatic rings. The molecule has 0 fully saturated rings. The van der Waals surface area contributed by atoms with E-state index in [0.29, 0.717) is 0 Å². The summed E-state index contributed by atoms with van der Waals surface area (Å²) in [7, 11) is 0. The maximum atomic E-state index is 13.9. The van der Waals surface area contributed by atoms with Crippen molar-refractivity contribution in [2.45, 2.75) is 19.1 Å². The van der Waals surface area contributed by atoms with Gasteiger partial charge in [0.25, 0.3) is 5.91 Å². The second-order valence-electron chi connectivity index (χ2n) is 5.99. The monoisotopic (exact) mass is 391 g/mol. The zero-order valence-electron chi connectivity index (χ0n) is 14.2. The molecule has 3 rings (SSSR count). The maximum Gasteiger partial charge on any atom is 0.287 e. The highest BCUT2D eigenvalue weighted by Gasteiger charge is 2.25. The van der Waals surface area contributed by atoms with Gasteiger partial charge in [-0.05, 0) is 43.3 Å². The van der Waals surface area contributed by atoms with Gasteiger partial charge in [-0.3, -0.25) is 4.79 Å². The van der Waals surface area contributed by atoms with Crippen LogP contribution in [0, 0.1) is 11.6 Å². The minimum Gasteiger partial charge on any atom is -0.451 e. The highest BCUT2D eigenvalue weighted by atomic mass is 35.5. The zero-order valence-corrected chi connectivity index (χ0v) is 15.0. The predicted octanol–water partition coefficient (Wildman–Crippen LogP) is 4.73. The van der Waals surface area contributed by atoms with Crippen molar-refractivity contribution in [3.05, 3.63) is 82.6 Å². The van der Waals surface area contributed by atoms with Gasteiger partial charge < -0.3 is 14.8 Å². The second-order valence-corrected chi connectivity index (χ2v) is 6.39.